The lowest BCUT2D eigenvalue weighted by molar-refractivity contribution is -0.00581. The van der Waals surface area contributed by atoms with E-state index in [9.17, 15) is 0 Å². The van der Waals surface area contributed by atoms with Crippen molar-refractivity contribution in [1.82, 2.24) is 15.1 Å². The summed E-state index contributed by atoms with van der Waals surface area (Å²) in [4.78, 5) is 5.25. The summed E-state index contributed by atoms with van der Waals surface area (Å²) in [5, 5.41) is 3.42. The van der Waals surface area contributed by atoms with Gasteiger partial charge in [-0.15, -0.1) is 0 Å². The molecule has 0 radical (unpaired) electrons. The maximum absolute atomic E-state index is 5.81. The van der Waals surface area contributed by atoms with E-state index in [1.165, 1.54) is 38.8 Å². The Kier molecular flexibility index (Phi) is 4.19. The molecule has 3 rings (SSSR count). The van der Waals surface area contributed by atoms with Gasteiger partial charge in [0.05, 0.1) is 12.7 Å². The van der Waals surface area contributed by atoms with Gasteiger partial charge in [-0.25, -0.2) is 0 Å². The molecule has 3 aliphatic heterocycles. The number of nitrogens with zero attached hydrogens (tertiary/aromatic N) is 2. The zero-order valence-corrected chi connectivity index (χ0v) is 11.6. The molecule has 0 saturated carbocycles. The van der Waals surface area contributed by atoms with Crippen molar-refractivity contribution in [3.63, 3.8) is 0 Å². The largest absolute Gasteiger partial charge is 0.374 e. The van der Waals surface area contributed by atoms with E-state index in [0.717, 1.165) is 38.3 Å². The van der Waals surface area contributed by atoms with Crippen LogP contribution >= 0.6 is 0 Å². The standard InChI is InChI=1S/C14H27N3O/c1-16(11-14-10-15-5-8-18-14)12-4-7-17-6-2-3-13(17)9-12/h12-15H,2-11H2,1H3. The van der Waals surface area contributed by atoms with Gasteiger partial charge in [-0.3, -0.25) is 0 Å². The minimum atomic E-state index is 0.394. The highest BCUT2D eigenvalue weighted by atomic mass is 16.5. The molecular weight excluding hydrogens is 226 g/mol. The molecule has 0 spiro atoms. The minimum absolute atomic E-state index is 0.394. The monoisotopic (exact) mass is 253 g/mol. The van der Waals surface area contributed by atoms with E-state index in [1.807, 2.05) is 0 Å². The fraction of sp³-hybridized carbons (Fsp3) is 1.00. The van der Waals surface area contributed by atoms with Crippen molar-refractivity contribution >= 4 is 0 Å². The third-order valence-electron chi connectivity index (χ3n) is 4.91. The Hall–Kier alpha value is -0.160. The van der Waals surface area contributed by atoms with Crippen LogP contribution in [-0.4, -0.2) is 74.4 Å². The van der Waals surface area contributed by atoms with Crippen molar-refractivity contribution in [2.24, 2.45) is 0 Å². The summed E-state index contributed by atoms with van der Waals surface area (Å²) in [5.74, 6) is 0. The molecule has 3 heterocycles. The van der Waals surface area contributed by atoms with Crippen molar-refractivity contribution in [2.75, 3.05) is 46.4 Å². The zero-order valence-electron chi connectivity index (χ0n) is 11.6. The van der Waals surface area contributed by atoms with Crippen LogP contribution < -0.4 is 5.32 Å². The first-order valence-electron chi connectivity index (χ1n) is 7.59. The lowest BCUT2D eigenvalue weighted by atomic mass is 9.96. The number of nitrogens with one attached hydrogen (secondary N) is 1. The highest BCUT2D eigenvalue weighted by molar-refractivity contribution is 4.90. The second kappa shape index (κ2) is 5.87. The molecule has 104 valence electrons. The lowest BCUT2D eigenvalue weighted by Crippen LogP contribution is -2.50. The Morgan fingerprint density at radius 1 is 1.33 bits per heavy atom. The van der Waals surface area contributed by atoms with E-state index in [1.54, 1.807) is 0 Å². The number of ether oxygens (including phenoxy) is 1. The first-order chi connectivity index (χ1) is 8.83. The number of rotatable bonds is 3. The van der Waals surface area contributed by atoms with E-state index in [4.69, 9.17) is 4.74 Å². The van der Waals surface area contributed by atoms with Crippen LogP contribution in [0.3, 0.4) is 0 Å². The molecule has 1 N–H and O–H groups in total. The average Bonchev–Trinajstić information content (AvgIpc) is 2.87. The zero-order chi connectivity index (χ0) is 12.4. The summed E-state index contributed by atoms with van der Waals surface area (Å²) < 4.78 is 5.81. The van der Waals surface area contributed by atoms with Gasteiger partial charge >= 0.3 is 0 Å². The number of hydrogen-bond donors (Lipinski definition) is 1. The molecule has 4 heteroatoms. The molecule has 0 aromatic heterocycles. The van der Waals surface area contributed by atoms with Gasteiger partial charge in [0, 0.05) is 31.7 Å². The Bertz CT molecular complexity index is 268. The fourth-order valence-corrected chi connectivity index (χ4v) is 3.81. The first-order valence-corrected chi connectivity index (χ1v) is 7.59. The fourth-order valence-electron chi connectivity index (χ4n) is 3.81. The van der Waals surface area contributed by atoms with Crippen molar-refractivity contribution in [3.8, 4) is 0 Å². The molecule has 3 aliphatic rings. The van der Waals surface area contributed by atoms with Gasteiger partial charge in [-0.05, 0) is 45.8 Å². The molecule has 3 fully saturated rings. The molecule has 3 atom stereocenters. The Morgan fingerprint density at radius 2 is 2.28 bits per heavy atom. The van der Waals surface area contributed by atoms with Crippen LogP contribution in [-0.2, 0) is 4.74 Å². The summed E-state index contributed by atoms with van der Waals surface area (Å²) in [5.41, 5.74) is 0. The average molecular weight is 253 g/mol. The predicted octanol–water partition coefficient (Wildman–Crippen LogP) is 0.533. The maximum Gasteiger partial charge on any atom is 0.0826 e. The molecule has 4 nitrogen and oxygen atoms in total. The second-order valence-corrected chi connectivity index (χ2v) is 6.15. The second-order valence-electron chi connectivity index (χ2n) is 6.15. The van der Waals surface area contributed by atoms with Crippen LogP contribution in [0.1, 0.15) is 25.7 Å². The molecule has 18 heavy (non-hydrogen) atoms. The van der Waals surface area contributed by atoms with Crippen LogP contribution in [0.15, 0.2) is 0 Å². The van der Waals surface area contributed by atoms with E-state index in [0.29, 0.717) is 6.10 Å². The summed E-state index contributed by atoms with van der Waals surface area (Å²) in [6.07, 6.45) is 5.94. The van der Waals surface area contributed by atoms with Crippen LogP contribution in [0.25, 0.3) is 0 Å². The summed E-state index contributed by atoms with van der Waals surface area (Å²) in [6, 6.07) is 1.64. The highest BCUT2D eigenvalue weighted by Crippen LogP contribution is 2.29. The van der Waals surface area contributed by atoms with Gasteiger partial charge in [0.25, 0.3) is 0 Å². The minimum Gasteiger partial charge on any atom is -0.374 e. The topological polar surface area (TPSA) is 27.7 Å². The lowest BCUT2D eigenvalue weighted by Gasteiger charge is -2.40. The molecule has 3 saturated heterocycles. The highest BCUT2D eigenvalue weighted by Gasteiger charge is 2.33. The number of fused-ring (bicyclic) bond motifs is 1. The van der Waals surface area contributed by atoms with Crippen LogP contribution in [0.5, 0.6) is 0 Å². The number of hydrogen-bond acceptors (Lipinski definition) is 4. The summed E-state index contributed by atoms with van der Waals surface area (Å²) >= 11 is 0. The van der Waals surface area contributed by atoms with Crippen LogP contribution in [0, 0.1) is 0 Å². The van der Waals surface area contributed by atoms with Gasteiger partial charge in [0.2, 0.25) is 0 Å². The molecule has 0 aliphatic carbocycles. The number of likely N-dealkylation sites (N-methyl/N-ethyl adjacent to an activating group) is 1. The Morgan fingerprint density at radius 3 is 3.11 bits per heavy atom. The van der Waals surface area contributed by atoms with Crippen molar-refractivity contribution < 1.29 is 4.74 Å². The third-order valence-corrected chi connectivity index (χ3v) is 4.91. The van der Waals surface area contributed by atoms with Crippen LogP contribution in [0.2, 0.25) is 0 Å². The molecule has 3 unspecified atom stereocenters. The molecule has 0 aromatic carbocycles. The van der Waals surface area contributed by atoms with E-state index in [2.05, 4.69) is 22.2 Å². The maximum atomic E-state index is 5.81. The normalized spacial score (nSPS) is 38.0. The predicted molar refractivity (Wildman–Crippen MR) is 72.9 cm³/mol. The van der Waals surface area contributed by atoms with Gasteiger partial charge in [-0.2, -0.15) is 0 Å². The van der Waals surface area contributed by atoms with E-state index >= 15 is 0 Å². The van der Waals surface area contributed by atoms with Crippen molar-refractivity contribution in [2.45, 2.75) is 43.9 Å². The Labute approximate surface area is 111 Å². The SMILES string of the molecule is CN(CC1CNCCO1)C1CCN2CCCC2C1. The van der Waals surface area contributed by atoms with E-state index in [-0.39, 0.29) is 0 Å². The third kappa shape index (κ3) is 2.87. The molecular formula is C14H27N3O. The smallest absolute Gasteiger partial charge is 0.0826 e. The van der Waals surface area contributed by atoms with Crippen molar-refractivity contribution in [3.05, 3.63) is 0 Å². The van der Waals surface area contributed by atoms with Gasteiger partial charge in [0.1, 0.15) is 0 Å². The quantitative estimate of drug-likeness (QED) is 0.794. The van der Waals surface area contributed by atoms with Gasteiger partial charge in [-0.1, -0.05) is 0 Å². The van der Waals surface area contributed by atoms with Gasteiger partial charge < -0.3 is 19.9 Å². The molecule has 0 aromatic rings. The molecule has 0 amide bonds. The molecule has 0 bridgehead atoms. The van der Waals surface area contributed by atoms with E-state index < -0.39 is 0 Å². The van der Waals surface area contributed by atoms with Gasteiger partial charge in [0.15, 0.2) is 0 Å². The summed E-state index contributed by atoms with van der Waals surface area (Å²) in [7, 11) is 2.28. The van der Waals surface area contributed by atoms with Crippen LogP contribution in [0.4, 0.5) is 0 Å². The Balaban J connectivity index is 1.48. The summed E-state index contributed by atoms with van der Waals surface area (Å²) in [6.45, 7) is 6.65. The number of piperidine rings is 1. The number of morpholine rings is 1. The first kappa shape index (κ1) is 12.9. The van der Waals surface area contributed by atoms with Crippen molar-refractivity contribution in [1.29, 1.82) is 0 Å².